The Morgan fingerprint density at radius 2 is 0.792 bits per heavy atom. The van der Waals surface area contributed by atoms with E-state index < -0.39 is 95.2 Å². The standard InChI is InChI=1S/C36H27BF10Si/c1-18-10-12-22(13-11-18)36(48(2,3)4)23(21-16-14-20(15-17-21)19-8-6-5-7-9-19)37(24-26(38)30(42)34(46)31(43)27(24)39)25-28(40)32(44)35(47)33(45)29(25)41/h5-17,23,36H,1-4H3. The van der Waals surface area contributed by atoms with Crippen molar-refractivity contribution in [1.29, 1.82) is 0 Å². The molecule has 0 aliphatic rings. The number of aryl methyl sites for hydroxylation is 1. The van der Waals surface area contributed by atoms with Crippen LogP contribution in [0.4, 0.5) is 43.9 Å². The molecular weight excluding hydrogens is 661 g/mol. The molecule has 0 N–H and O–H groups in total. The van der Waals surface area contributed by atoms with E-state index in [4.69, 9.17) is 0 Å². The van der Waals surface area contributed by atoms with Gasteiger partial charge in [0.2, 0.25) is 6.71 Å². The summed E-state index contributed by atoms with van der Waals surface area (Å²) in [5.41, 5.74) is -1.64. The molecule has 0 aromatic heterocycles. The van der Waals surface area contributed by atoms with Crippen molar-refractivity contribution >= 4 is 25.7 Å². The summed E-state index contributed by atoms with van der Waals surface area (Å²) in [6, 6.07) is 21.7. The van der Waals surface area contributed by atoms with Crippen molar-refractivity contribution in [3.05, 3.63) is 154 Å². The second-order valence-electron chi connectivity index (χ2n) is 12.7. The third-order valence-electron chi connectivity index (χ3n) is 8.60. The number of hydrogen-bond donors (Lipinski definition) is 0. The highest BCUT2D eigenvalue weighted by Gasteiger charge is 2.49. The normalized spacial score (nSPS) is 13.0. The first-order chi connectivity index (χ1) is 22.6. The molecule has 0 bridgehead atoms. The van der Waals surface area contributed by atoms with Crippen molar-refractivity contribution in [3.63, 3.8) is 0 Å². The molecule has 0 saturated carbocycles. The van der Waals surface area contributed by atoms with E-state index in [9.17, 15) is 26.3 Å². The van der Waals surface area contributed by atoms with Gasteiger partial charge in [-0.2, -0.15) is 0 Å². The van der Waals surface area contributed by atoms with E-state index in [-0.39, 0.29) is 5.56 Å². The third kappa shape index (κ3) is 6.18. The SMILES string of the molecule is Cc1ccc(C(C(B(c2c(F)c(F)c(F)c(F)c2F)c2c(F)c(F)c(F)c(F)c2F)c2ccc(-c3ccccc3)cc2)[Si](C)(C)C)cc1. The van der Waals surface area contributed by atoms with Gasteiger partial charge in [0.05, 0.1) is 8.07 Å². The highest BCUT2D eigenvalue weighted by Crippen LogP contribution is 2.43. The van der Waals surface area contributed by atoms with E-state index in [2.05, 4.69) is 0 Å². The summed E-state index contributed by atoms with van der Waals surface area (Å²) in [4.78, 5) is 0. The van der Waals surface area contributed by atoms with Crippen LogP contribution in [0, 0.1) is 65.1 Å². The lowest BCUT2D eigenvalue weighted by Crippen LogP contribution is -2.58. The van der Waals surface area contributed by atoms with Gasteiger partial charge in [-0.15, -0.1) is 0 Å². The van der Waals surface area contributed by atoms with Crippen LogP contribution in [0.5, 0.6) is 0 Å². The van der Waals surface area contributed by atoms with E-state index in [1.54, 1.807) is 93.3 Å². The molecule has 12 heteroatoms. The molecule has 0 radical (unpaired) electrons. The highest BCUT2D eigenvalue weighted by molar-refractivity contribution is 6.89. The van der Waals surface area contributed by atoms with Crippen molar-refractivity contribution in [2.24, 2.45) is 0 Å². The maximum Gasteiger partial charge on any atom is 0.233 e. The fraction of sp³-hybridized carbons (Fsp3) is 0.167. The summed E-state index contributed by atoms with van der Waals surface area (Å²) >= 11 is 0. The van der Waals surface area contributed by atoms with Crippen molar-refractivity contribution in [2.75, 3.05) is 0 Å². The number of halogens is 10. The molecule has 0 aliphatic heterocycles. The molecular formula is C36H27BF10Si. The molecule has 48 heavy (non-hydrogen) atoms. The fourth-order valence-electron chi connectivity index (χ4n) is 6.42. The van der Waals surface area contributed by atoms with Gasteiger partial charge < -0.3 is 0 Å². The largest absolute Gasteiger partial charge is 0.233 e. The molecule has 5 aromatic carbocycles. The molecule has 5 rings (SSSR count). The maximum absolute atomic E-state index is 15.8. The van der Waals surface area contributed by atoms with Crippen LogP contribution < -0.4 is 10.9 Å². The van der Waals surface area contributed by atoms with Gasteiger partial charge in [0.1, 0.15) is 0 Å². The van der Waals surface area contributed by atoms with E-state index >= 15 is 17.6 Å². The lowest BCUT2D eigenvalue weighted by molar-refractivity contribution is 0.381. The molecule has 0 fully saturated rings. The van der Waals surface area contributed by atoms with Gasteiger partial charge in [0.15, 0.2) is 58.2 Å². The average Bonchev–Trinajstić information content (AvgIpc) is 3.07. The van der Waals surface area contributed by atoms with Crippen molar-refractivity contribution < 1.29 is 43.9 Å². The Morgan fingerprint density at radius 1 is 0.438 bits per heavy atom. The van der Waals surface area contributed by atoms with Crippen LogP contribution in [0.25, 0.3) is 11.1 Å². The maximum atomic E-state index is 15.8. The van der Waals surface area contributed by atoms with Crippen LogP contribution >= 0.6 is 0 Å². The molecule has 0 saturated heterocycles. The monoisotopic (exact) mass is 688 g/mol. The lowest BCUT2D eigenvalue weighted by atomic mass is 9.31. The molecule has 0 heterocycles. The second kappa shape index (κ2) is 13.3. The summed E-state index contributed by atoms with van der Waals surface area (Å²) in [6.07, 6.45) is 0. The Labute approximate surface area is 272 Å². The van der Waals surface area contributed by atoms with Crippen LogP contribution in [0.3, 0.4) is 0 Å². The molecule has 0 aliphatic carbocycles. The average molecular weight is 688 g/mol. The van der Waals surface area contributed by atoms with Crippen molar-refractivity contribution in [1.82, 2.24) is 0 Å². The Balaban J connectivity index is 1.96. The molecule has 2 unspecified atom stereocenters. The zero-order valence-corrected chi connectivity index (χ0v) is 27.0. The van der Waals surface area contributed by atoms with E-state index in [0.29, 0.717) is 11.1 Å². The Hall–Kier alpha value is -4.32. The minimum Gasteiger partial charge on any atom is -0.204 e. The molecule has 0 amide bonds. The van der Waals surface area contributed by atoms with Gasteiger partial charge in [-0.05, 0) is 35.0 Å². The first-order valence-electron chi connectivity index (χ1n) is 14.8. The number of hydrogen-bond acceptors (Lipinski definition) is 0. The summed E-state index contributed by atoms with van der Waals surface area (Å²) < 4.78 is 152. The minimum absolute atomic E-state index is 0.0977. The summed E-state index contributed by atoms with van der Waals surface area (Å²) in [5.74, 6) is -26.3. The predicted molar refractivity (Wildman–Crippen MR) is 169 cm³/mol. The van der Waals surface area contributed by atoms with E-state index in [1.165, 1.54) is 12.1 Å². The first kappa shape index (κ1) is 35.0. The molecule has 2 atom stereocenters. The topological polar surface area (TPSA) is 0 Å². The third-order valence-corrected chi connectivity index (χ3v) is 11.2. The van der Waals surface area contributed by atoms with Crippen LogP contribution in [0.1, 0.15) is 28.0 Å². The summed E-state index contributed by atoms with van der Waals surface area (Å²) in [7, 11) is -2.86. The number of benzene rings is 5. The van der Waals surface area contributed by atoms with Crippen molar-refractivity contribution in [2.45, 2.75) is 37.9 Å². The van der Waals surface area contributed by atoms with Crippen molar-refractivity contribution in [3.8, 4) is 11.1 Å². The van der Waals surface area contributed by atoms with E-state index in [0.717, 1.165) is 11.1 Å². The first-order valence-corrected chi connectivity index (χ1v) is 18.4. The molecule has 0 nitrogen and oxygen atoms in total. The Morgan fingerprint density at radius 3 is 1.19 bits per heavy atom. The summed E-state index contributed by atoms with van der Waals surface area (Å²) in [6.45, 7) is 4.59. The molecule has 248 valence electrons. The van der Waals surface area contributed by atoms with Crippen LogP contribution in [-0.2, 0) is 0 Å². The second-order valence-corrected chi connectivity index (χ2v) is 18.1. The van der Waals surface area contributed by atoms with E-state index in [1.807, 2.05) is 0 Å². The molecule has 0 spiro atoms. The predicted octanol–water partition coefficient (Wildman–Crippen LogP) is 9.65. The van der Waals surface area contributed by atoms with Gasteiger partial charge in [-0.3, -0.25) is 0 Å². The zero-order valence-electron chi connectivity index (χ0n) is 26.0. The van der Waals surface area contributed by atoms with Crippen LogP contribution in [-0.4, -0.2) is 14.8 Å². The Bertz CT molecular complexity index is 1850. The van der Waals surface area contributed by atoms with Gasteiger partial charge in [-0.25, -0.2) is 43.9 Å². The highest BCUT2D eigenvalue weighted by atomic mass is 28.3. The van der Waals surface area contributed by atoms with Crippen LogP contribution in [0.15, 0.2) is 78.9 Å². The Kier molecular flexibility index (Phi) is 9.69. The zero-order chi connectivity index (χ0) is 35.2. The van der Waals surface area contributed by atoms with Gasteiger partial charge in [0.25, 0.3) is 0 Å². The van der Waals surface area contributed by atoms with Gasteiger partial charge in [0, 0.05) is 10.9 Å². The number of rotatable bonds is 8. The lowest BCUT2D eigenvalue weighted by Gasteiger charge is -2.40. The minimum atomic E-state index is -2.86. The smallest absolute Gasteiger partial charge is 0.204 e. The quantitative estimate of drug-likeness (QED) is 0.0660. The fourth-order valence-corrected chi connectivity index (χ4v) is 9.07. The molecule has 5 aromatic rings. The van der Waals surface area contributed by atoms with Gasteiger partial charge in [-0.1, -0.05) is 110 Å². The van der Waals surface area contributed by atoms with Gasteiger partial charge >= 0.3 is 0 Å². The van der Waals surface area contributed by atoms with Crippen LogP contribution in [0.2, 0.25) is 19.6 Å². The summed E-state index contributed by atoms with van der Waals surface area (Å²) in [5, 5.41) is 0.